The molecule has 0 unspecified atom stereocenters. The second-order valence-electron chi connectivity index (χ2n) is 5.62. The number of aryl methyl sites for hydroxylation is 1. The lowest BCUT2D eigenvalue weighted by atomic mass is 9.87. The summed E-state index contributed by atoms with van der Waals surface area (Å²) in [5.74, 6) is 1.82. The van der Waals surface area contributed by atoms with E-state index >= 15 is 0 Å². The van der Waals surface area contributed by atoms with Gasteiger partial charge in [0.05, 0.1) is 7.11 Å². The molecule has 1 aliphatic carbocycles. The first-order chi connectivity index (χ1) is 10.8. The average molecular weight is 294 g/mol. The first-order valence-corrected chi connectivity index (χ1v) is 7.84. The van der Waals surface area contributed by atoms with E-state index in [1.165, 1.54) is 29.5 Å². The molecule has 0 saturated heterocycles. The third kappa shape index (κ3) is 3.16. The second kappa shape index (κ2) is 6.69. The molecule has 2 heteroatoms. The molecule has 0 radical (unpaired) electrons. The van der Waals surface area contributed by atoms with Gasteiger partial charge in [-0.2, -0.15) is 0 Å². The zero-order valence-corrected chi connectivity index (χ0v) is 13.3. The van der Waals surface area contributed by atoms with Crippen LogP contribution in [0, 0.1) is 0 Å². The van der Waals surface area contributed by atoms with Gasteiger partial charge in [-0.15, -0.1) is 0 Å². The summed E-state index contributed by atoms with van der Waals surface area (Å²) in [5, 5.41) is 0. The highest BCUT2D eigenvalue weighted by Gasteiger charge is 2.14. The highest BCUT2D eigenvalue weighted by Crippen LogP contribution is 2.33. The lowest BCUT2D eigenvalue weighted by Gasteiger charge is -2.20. The number of hydrogen-bond donors (Lipinski definition) is 0. The van der Waals surface area contributed by atoms with Gasteiger partial charge in [0.15, 0.2) is 0 Å². The van der Waals surface area contributed by atoms with Crippen LogP contribution < -0.4 is 9.47 Å². The molecule has 2 aromatic carbocycles. The fourth-order valence-corrected chi connectivity index (χ4v) is 2.97. The van der Waals surface area contributed by atoms with E-state index in [0.717, 1.165) is 23.5 Å². The predicted octanol–water partition coefficient (Wildman–Crippen LogP) is 5.01. The van der Waals surface area contributed by atoms with Crippen LogP contribution in [0.4, 0.5) is 0 Å². The van der Waals surface area contributed by atoms with E-state index < -0.39 is 0 Å². The van der Waals surface area contributed by atoms with Crippen molar-refractivity contribution >= 4 is 5.57 Å². The first-order valence-electron chi connectivity index (χ1n) is 7.84. The van der Waals surface area contributed by atoms with Crippen molar-refractivity contribution in [1.82, 2.24) is 0 Å². The van der Waals surface area contributed by atoms with E-state index in [1.54, 1.807) is 7.11 Å². The zero-order chi connectivity index (χ0) is 15.4. The van der Waals surface area contributed by atoms with Gasteiger partial charge in [-0.3, -0.25) is 0 Å². The Bertz CT molecular complexity index is 669. The van der Waals surface area contributed by atoms with Crippen molar-refractivity contribution in [1.29, 1.82) is 0 Å². The third-order valence-corrected chi connectivity index (χ3v) is 4.23. The maximum atomic E-state index is 5.94. The van der Waals surface area contributed by atoms with Crippen LogP contribution in [0.25, 0.3) is 5.57 Å². The SMILES string of the molecule is C/C=C1\CCCc2cc(OCc3ccc(OC)cc3)ccc21. The van der Waals surface area contributed by atoms with Crippen LogP contribution in [-0.4, -0.2) is 7.11 Å². The van der Waals surface area contributed by atoms with Gasteiger partial charge in [0.1, 0.15) is 18.1 Å². The summed E-state index contributed by atoms with van der Waals surface area (Å²) < 4.78 is 11.1. The Kier molecular flexibility index (Phi) is 4.47. The summed E-state index contributed by atoms with van der Waals surface area (Å²) in [4.78, 5) is 0. The van der Waals surface area contributed by atoms with Crippen molar-refractivity contribution < 1.29 is 9.47 Å². The quantitative estimate of drug-likeness (QED) is 0.788. The van der Waals surface area contributed by atoms with Gasteiger partial charge in [-0.1, -0.05) is 24.3 Å². The molecule has 0 amide bonds. The molecule has 0 aliphatic heterocycles. The summed E-state index contributed by atoms with van der Waals surface area (Å²) in [6.07, 6.45) is 5.80. The van der Waals surface area contributed by atoms with Gasteiger partial charge in [-0.25, -0.2) is 0 Å². The molecule has 2 nitrogen and oxygen atoms in total. The minimum absolute atomic E-state index is 0.583. The van der Waals surface area contributed by atoms with Gasteiger partial charge in [-0.05, 0) is 72.7 Å². The maximum absolute atomic E-state index is 5.94. The molecular formula is C20H22O2. The molecule has 0 fully saturated rings. The zero-order valence-electron chi connectivity index (χ0n) is 13.3. The molecule has 1 aliphatic rings. The van der Waals surface area contributed by atoms with Crippen LogP contribution in [0.15, 0.2) is 48.5 Å². The van der Waals surface area contributed by atoms with Crippen molar-refractivity contribution in [3.05, 3.63) is 65.2 Å². The third-order valence-electron chi connectivity index (χ3n) is 4.23. The second-order valence-corrected chi connectivity index (χ2v) is 5.62. The van der Waals surface area contributed by atoms with Crippen molar-refractivity contribution in [2.24, 2.45) is 0 Å². The highest BCUT2D eigenvalue weighted by atomic mass is 16.5. The van der Waals surface area contributed by atoms with Crippen LogP contribution in [0.2, 0.25) is 0 Å². The van der Waals surface area contributed by atoms with Crippen molar-refractivity contribution in [2.75, 3.05) is 7.11 Å². The molecule has 0 saturated carbocycles. The Labute approximate surface area is 132 Å². The first kappa shape index (κ1) is 14.7. The summed E-state index contributed by atoms with van der Waals surface area (Å²) in [7, 11) is 1.68. The number of rotatable bonds is 4. The van der Waals surface area contributed by atoms with Gasteiger partial charge >= 0.3 is 0 Å². The number of methoxy groups -OCH3 is 1. The summed E-state index contributed by atoms with van der Waals surface area (Å²) in [5.41, 5.74) is 5.41. The molecule has 3 rings (SSSR count). The largest absolute Gasteiger partial charge is 0.497 e. The molecule has 22 heavy (non-hydrogen) atoms. The van der Waals surface area contributed by atoms with Crippen LogP contribution in [0.1, 0.15) is 36.5 Å². The van der Waals surface area contributed by atoms with Crippen LogP contribution >= 0.6 is 0 Å². The summed E-state index contributed by atoms with van der Waals surface area (Å²) in [6, 6.07) is 14.5. The normalized spacial score (nSPS) is 15.5. The fourth-order valence-electron chi connectivity index (χ4n) is 2.97. The smallest absolute Gasteiger partial charge is 0.120 e. The number of allylic oxidation sites excluding steroid dienone is 2. The van der Waals surface area contributed by atoms with Crippen LogP contribution in [-0.2, 0) is 13.0 Å². The van der Waals surface area contributed by atoms with E-state index in [9.17, 15) is 0 Å². The van der Waals surface area contributed by atoms with Crippen molar-refractivity contribution in [3.63, 3.8) is 0 Å². The van der Waals surface area contributed by atoms with Crippen LogP contribution in [0.3, 0.4) is 0 Å². The minimum atomic E-state index is 0.583. The predicted molar refractivity (Wildman–Crippen MR) is 90.4 cm³/mol. The molecule has 2 aromatic rings. The number of hydrogen-bond acceptors (Lipinski definition) is 2. The Morgan fingerprint density at radius 1 is 1.00 bits per heavy atom. The number of benzene rings is 2. The lowest BCUT2D eigenvalue weighted by molar-refractivity contribution is 0.305. The minimum Gasteiger partial charge on any atom is -0.497 e. The van der Waals surface area contributed by atoms with Gasteiger partial charge in [0, 0.05) is 0 Å². The Balaban J connectivity index is 1.70. The standard InChI is InChI=1S/C20H22O2/c1-3-16-5-4-6-17-13-19(11-12-20(16)17)22-14-15-7-9-18(21-2)10-8-15/h3,7-13H,4-6,14H2,1-2H3/b16-3+. The molecule has 0 heterocycles. The Hall–Kier alpha value is -2.22. The summed E-state index contributed by atoms with van der Waals surface area (Å²) >= 11 is 0. The van der Waals surface area contributed by atoms with E-state index in [1.807, 2.05) is 24.3 Å². The molecule has 0 bridgehead atoms. The lowest BCUT2D eigenvalue weighted by Crippen LogP contribution is -2.03. The topological polar surface area (TPSA) is 18.5 Å². The Morgan fingerprint density at radius 3 is 2.50 bits per heavy atom. The molecule has 114 valence electrons. The molecule has 0 N–H and O–H groups in total. The van der Waals surface area contributed by atoms with Crippen molar-refractivity contribution in [2.45, 2.75) is 32.8 Å². The monoisotopic (exact) mass is 294 g/mol. The average Bonchev–Trinajstić information content (AvgIpc) is 2.59. The van der Waals surface area contributed by atoms with Gasteiger partial charge in [0.2, 0.25) is 0 Å². The highest BCUT2D eigenvalue weighted by molar-refractivity contribution is 5.70. The molecule has 0 aromatic heterocycles. The van der Waals surface area contributed by atoms with Gasteiger partial charge < -0.3 is 9.47 Å². The molecular weight excluding hydrogens is 272 g/mol. The molecule has 0 atom stereocenters. The van der Waals surface area contributed by atoms with Gasteiger partial charge in [0.25, 0.3) is 0 Å². The van der Waals surface area contributed by atoms with E-state index in [4.69, 9.17) is 9.47 Å². The van der Waals surface area contributed by atoms with E-state index in [0.29, 0.717) is 6.61 Å². The number of ether oxygens (including phenoxy) is 2. The Morgan fingerprint density at radius 2 is 1.77 bits per heavy atom. The van der Waals surface area contributed by atoms with Crippen LogP contribution in [0.5, 0.6) is 11.5 Å². The summed E-state index contributed by atoms with van der Waals surface area (Å²) in [6.45, 7) is 2.71. The fraction of sp³-hybridized carbons (Fsp3) is 0.300. The molecule has 0 spiro atoms. The number of fused-ring (bicyclic) bond motifs is 1. The van der Waals surface area contributed by atoms with Crippen molar-refractivity contribution in [3.8, 4) is 11.5 Å². The maximum Gasteiger partial charge on any atom is 0.120 e. The van der Waals surface area contributed by atoms with E-state index in [2.05, 4.69) is 31.2 Å². The van der Waals surface area contributed by atoms with E-state index in [-0.39, 0.29) is 0 Å².